The number of morpholine rings is 1. The van der Waals surface area contributed by atoms with Gasteiger partial charge in [-0.25, -0.2) is 4.68 Å². The van der Waals surface area contributed by atoms with Gasteiger partial charge in [0, 0.05) is 37.3 Å². The number of benzene rings is 3. The van der Waals surface area contributed by atoms with Gasteiger partial charge >= 0.3 is 6.18 Å². The third kappa shape index (κ3) is 6.57. The number of nitrogens with zero attached hydrogens (tertiary/aromatic N) is 4. The molecule has 3 aromatic carbocycles. The highest BCUT2D eigenvalue weighted by Crippen LogP contribution is 2.34. The van der Waals surface area contributed by atoms with Crippen LogP contribution in [0.1, 0.15) is 26.5 Å². The van der Waals surface area contributed by atoms with Gasteiger partial charge in [0.2, 0.25) is 0 Å². The highest BCUT2D eigenvalue weighted by molar-refractivity contribution is 6.06. The molecule has 0 radical (unpaired) electrons. The third-order valence-electron chi connectivity index (χ3n) is 7.67. The lowest BCUT2D eigenvalue weighted by atomic mass is 10.0. The second-order valence-electron chi connectivity index (χ2n) is 10.6. The molecule has 238 valence electrons. The van der Waals surface area contributed by atoms with Crippen molar-refractivity contribution in [3.8, 4) is 22.6 Å². The Bertz CT molecular complexity index is 1840. The summed E-state index contributed by atoms with van der Waals surface area (Å²) in [6.07, 6.45) is -3.95. The van der Waals surface area contributed by atoms with Crippen LogP contribution in [0.5, 0.6) is 5.75 Å². The number of aromatic nitrogens is 4. The minimum Gasteiger partial charge on any atom is -0.497 e. The highest BCUT2D eigenvalue weighted by atomic mass is 19.4. The third-order valence-corrected chi connectivity index (χ3v) is 7.67. The normalized spacial score (nSPS) is 13.9. The van der Waals surface area contributed by atoms with Crippen LogP contribution in [-0.4, -0.2) is 83.2 Å². The Hall–Kier alpha value is -5.21. The number of rotatable bonds is 9. The number of halogens is 3. The van der Waals surface area contributed by atoms with E-state index in [1.54, 1.807) is 30.3 Å². The molecule has 2 amide bonds. The van der Waals surface area contributed by atoms with E-state index >= 15 is 0 Å². The summed E-state index contributed by atoms with van der Waals surface area (Å²) < 4.78 is 53.4. The first-order chi connectivity index (χ1) is 22.2. The fourth-order valence-corrected chi connectivity index (χ4v) is 5.26. The van der Waals surface area contributed by atoms with Gasteiger partial charge in [0.05, 0.1) is 43.3 Å². The molecule has 6 rings (SSSR count). The highest BCUT2D eigenvalue weighted by Gasteiger charge is 2.40. The standard InChI is InChI=1S/C32H30F3N7O4/c1-45-24-9-7-23(8-10-24)42-29(32(33,34)35)26(19-37-42)30(43)38-22-5-2-20(3-6-22)21-4-11-25-27(18-21)39-40-28(25)31(44)36-12-13-41-14-16-46-17-15-41/h2-11,18-19H,12-17H2,1H3,(H,36,44)(H,38,43)(H,39,40). The van der Waals surface area contributed by atoms with Crippen molar-refractivity contribution in [2.45, 2.75) is 6.18 Å². The fourth-order valence-electron chi connectivity index (χ4n) is 5.26. The molecule has 0 bridgehead atoms. The van der Waals surface area contributed by atoms with E-state index in [1.165, 1.54) is 31.4 Å². The number of carbonyl (C=O) groups excluding carboxylic acids is 2. The molecule has 1 aliphatic rings. The number of methoxy groups -OCH3 is 1. The second-order valence-corrected chi connectivity index (χ2v) is 10.6. The van der Waals surface area contributed by atoms with Crippen LogP contribution in [0.4, 0.5) is 18.9 Å². The maximum atomic E-state index is 14.1. The van der Waals surface area contributed by atoms with Gasteiger partial charge in [-0.1, -0.05) is 18.2 Å². The first-order valence-corrected chi connectivity index (χ1v) is 14.5. The Morgan fingerprint density at radius 3 is 2.39 bits per heavy atom. The van der Waals surface area contributed by atoms with Gasteiger partial charge in [-0.2, -0.15) is 23.4 Å². The molecule has 3 N–H and O–H groups in total. The number of aromatic amines is 1. The van der Waals surface area contributed by atoms with Crippen LogP contribution in [0.2, 0.25) is 0 Å². The van der Waals surface area contributed by atoms with E-state index in [-0.39, 0.29) is 11.6 Å². The molecule has 0 aliphatic carbocycles. The number of hydrogen-bond acceptors (Lipinski definition) is 7. The maximum absolute atomic E-state index is 14.1. The molecule has 5 aromatic rings. The summed E-state index contributed by atoms with van der Waals surface area (Å²) in [5.41, 5.74) is 1.20. The Morgan fingerprint density at radius 1 is 0.978 bits per heavy atom. The zero-order valence-corrected chi connectivity index (χ0v) is 24.7. The molecule has 3 heterocycles. The number of alkyl halides is 3. The van der Waals surface area contributed by atoms with Crippen LogP contribution < -0.4 is 15.4 Å². The lowest BCUT2D eigenvalue weighted by Crippen LogP contribution is -2.41. The molecular formula is C32H30F3N7O4. The lowest BCUT2D eigenvalue weighted by Gasteiger charge is -2.26. The Labute approximate surface area is 261 Å². The summed E-state index contributed by atoms with van der Waals surface area (Å²) in [4.78, 5) is 28.0. The molecule has 1 fully saturated rings. The van der Waals surface area contributed by atoms with Crippen LogP contribution in [0.25, 0.3) is 27.7 Å². The number of nitrogens with one attached hydrogen (secondary N) is 3. The zero-order valence-electron chi connectivity index (χ0n) is 24.7. The predicted octanol–water partition coefficient (Wildman–Crippen LogP) is 4.76. The van der Waals surface area contributed by atoms with Gasteiger partial charge in [-0.3, -0.25) is 19.6 Å². The maximum Gasteiger partial charge on any atom is 0.434 e. The quantitative estimate of drug-likeness (QED) is 0.214. The van der Waals surface area contributed by atoms with Crippen LogP contribution in [0, 0.1) is 0 Å². The molecule has 1 saturated heterocycles. The molecule has 2 aromatic heterocycles. The van der Waals surface area contributed by atoms with Crippen molar-refractivity contribution in [2.24, 2.45) is 0 Å². The van der Waals surface area contributed by atoms with Crippen molar-refractivity contribution in [1.82, 2.24) is 30.2 Å². The Morgan fingerprint density at radius 2 is 1.70 bits per heavy atom. The Balaban J connectivity index is 1.13. The lowest BCUT2D eigenvalue weighted by molar-refractivity contribution is -0.143. The number of hydrogen-bond donors (Lipinski definition) is 3. The molecule has 46 heavy (non-hydrogen) atoms. The molecule has 11 nitrogen and oxygen atoms in total. The molecule has 0 unspecified atom stereocenters. The average molecular weight is 634 g/mol. The summed E-state index contributed by atoms with van der Waals surface area (Å²) in [6, 6.07) is 18.0. The van der Waals surface area contributed by atoms with E-state index in [0.717, 1.165) is 37.0 Å². The van der Waals surface area contributed by atoms with Gasteiger partial charge in [-0.05, 0) is 59.7 Å². The van der Waals surface area contributed by atoms with E-state index in [1.807, 2.05) is 12.1 Å². The van der Waals surface area contributed by atoms with E-state index in [0.29, 0.717) is 52.5 Å². The molecule has 0 saturated carbocycles. The van der Waals surface area contributed by atoms with Crippen LogP contribution in [0.3, 0.4) is 0 Å². The van der Waals surface area contributed by atoms with E-state index < -0.39 is 23.3 Å². The summed E-state index contributed by atoms with van der Waals surface area (Å²) in [5, 5.41) is 17.1. The second kappa shape index (κ2) is 13.0. The zero-order chi connectivity index (χ0) is 32.3. The van der Waals surface area contributed by atoms with Gasteiger partial charge in [0.1, 0.15) is 5.75 Å². The van der Waals surface area contributed by atoms with Gasteiger partial charge in [0.15, 0.2) is 11.4 Å². The fraction of sp³-hybridized carbons (Fsp3) is 0.250. The van der Waals surface area contributed by atoms with E-state index in [4.69, 9.17) is 9.47 Å². The first-order valence-electron chi connectivity index (χ1n) is 14.5. The van der Waals surface area contributed by atoms with Gasteiger partial charge in [-0.15, -0.1) is 0 Å². The summed E-state index contributed by atoms with van der Waals surface area (Å²) >= 11 is 0. The SMILES string of the molecule is COc1ccc(-n2ncc(C(=O)Nc3ccc(-c4ccc5c(C(=O)NCCN6CCOCC6)n[nH]c5c4)cc3)c2C(F)(F)F)cc1. The number of ether oxygens (including phenoxy) is 2. The smallest absolute Gasteiger partial charge is 0.434 e. The summed E-state index contributed by atoms with van der Waals surface area (Å²) in [6.45, 7) is 4.30. The minimum atomic E-state index is -4.85. The van der Waals surface area contributed by atoms with Gasteiger partial charge in [0.25, 0.3) is 11.8 Å². The number of fused-ring (bicyclic) bond motifs is 1. The van der Waals surface area contributed by atoms with Crippen LogP contribution in [0.15, 0.2) is 72.9 Å². The van der Waals surface area contributed by atoms with Gasteiger partial charge < -0.3 is 20.1 Å². The van der Waals surface area contributed by atoms with E-state index in [9.17, 15) is 22.8 Å². The first kappa shape index (κ1) is 30.8. The molecule has 1 aliphatic heterocycles. The van der Waals surface area contributed by atoms with Crippen molar-refractivity contribution < 1.29 is 32.2 Å². The number of carbonyl (C=O) groups is 2. The molecule has 0 atom stereocenters. The van der Waals surface area contributed by atoms with E-state index in [2.05, 4.69) is 30.8 Å². The van der Waals surface area contributed by atoms with Crippen molar-refractivity contribution >= 4 is 28.4 Å². The van der Waals surface area contributed by atoms with Crippen molar-refractivity contribution in [2.75, 3.05) is 51.8 Å². The average Bonchev–Trinajstić information content (AvgIpc) is 3.71. The number of H-pyrrole nitrogens is 1. The number of anilines is 1. The van der Waals surface area contributed by atoms with Crippen molar-refractivity contribution in [3.63, 3.8) is 0 Å². The summed E-state index contributed by atoms with van der Waals surface area (Å²) in [5.74, 6) is -0.747. The monoisotopic (exact) mass is 633 g/mol. The minimum absolute atomic E-state index is 0.127. The topological polar surface area (TPSA) is 126 Å². The summed E-state index contributed by atoms with van der Waals surface area (Å²) in [7, 11) is 1.45. The van der Waals surface area contributed by atoms with Crippen molar-refractivity contribution in [1.29, 1.82) is 0 Å². The van der Waals surface area contributed by atoms with Crippen LogP contribution >= 0.6 is 0 Å². The molecular weight excluding hydrogens is 603 g/mol. The number of amides is 2. The predicted molar refractivity (Wildman–Crippen MR) is 164 cm³/mol. The largest absolute Gasteiger partial charge is 0.497 e. The molecule has 0 spiro atoms. The molecule has 14 heteroatoms. The Kier molecular flexibility index (Phi) is 8.72. The van der Waals surface area contributed by atoms with Crippen LogP contribution in [-0.2, 0) is 10.9 Å². The van der Waals surface area contributed by atoms with Crippen molar-refractivity contribution in [3.05, 3.63) is 89.9 Å².